The van der Waals surface area contributed by atoms with E-state index in [1.165, 1.54) is 6.20 Å². The molecule has 0 aliphatic carbocycles. The standard InChI is InChI=1S/C31H31N5O4/c1-5-40-23-15-13-21(14-16-23)28-27(31(38)35-25-11-6-7-12-26(25)39-4)20(3)33-29-24(18-32-36(28)29)30(37)34-22-10-8-9-19(2)17-22/h6-18,28,33H,5H2,1-4H3,(H,34,37)(H,35,38)/t28-/m1/s1. The highest BCUT2D eigenvalue weighted by Gasteiger charge is 2.35. The summed E-state index contributed by atoms with van der Waals surface area (Å²) in [6.45, 7) is 6.25. The first kappa shape index (κ1) is 26.6. The number of carbonyl (C=O) groups is 2. The van der Waals surface area contributed by atoms with Gasteiger partial charge in [0.15, 0.2) is 0 Å². The molecule has 5 rings (SSSR count). The summed E-state index contributed by atoms with van der Waals surface area (Å²) in [5.41, 5.74) is 4.50. The van der Waals surface area contributed by atoms with Crippen LogP contribution in [0.25, 0.3) is 0 Å². The van der Waals surface area contributed by atoms with Crippen LogP contribution < -0.4 is 25.4 Å². The summed E-state index contributed by atoms with van der Waals surface area (Å²) < 4.78 is 12.7. The van der Waals surface area contributed by atoms with Crippen LogP contribution >= 0.6 is 0 Å². The van der Waals surface area contributed by atoms with E-state index in [2.05, 4.69) is 21.0 Å². The minimum atomic E-state index is -0.609. The lowest BCUT2D eigenvalue weighted by Crippen LogP contribution is -2.32. The number of aromatic nitrogens is 2. The molecule has 1 atom stereocenters. The van der Waals surface area contributed by atoms with Crippen molar-refractivity contribution in [1.29, 1.82) is 0 Å². The van der Waals surface area contributed by atoms with Crippen molar-refractivity contribution in [3.63, 3.8) is 0 Å². The Morgan fingerprint density at radius 1 is 0.975 bits per heavy atom. The van der Waals surface area contributed by atoms with Crippen LogP contribution in [0.1, 0.15) is 41.4 Å². The average molecular weight is 538 g/mol. The maximum absolute atomic E-state index is 13.8. The number of amides is 2. The second-order valence-electron chi connectivity index (χ2n) is 9.40. The molecule has 0 unspecified atom stereocenters. The Kier molecular flexibility index (Phi) is 7.54. The summed E-state index contributed by atoms with van der Waals surface area (Å²) in [6.07, 6.45) is 1.52. The first-order chi connectivity index (χ1) is 19.4. The summed E-state index contributed by atoms with van der Waals surface area (Å²) in [7, 11) is 1.56. The van der Waals surface area contributed by atoms with E-state index >= 15 is 0 Å². The zero-order valence-corrected chi connectivity index (χ0v) is 22.8. The number of rotatable bonds is 8. The van der Waals surface area contributed by atoms with Gasteiger partial charge in [0.2, 0.25) is 0 Å². The van der Waals surface area contributed by atoms with Gasteiger partial charge in [-0.05, 0) is 68.3 Å². The molecule has 3 N–H and O–H groups in total. The molecule has 9 heteroatoms. The number of hydrogen-bond acceptors (Lipinski definition) is 6. The molecule has 3 aromatic carbocycles. The minimum absolute atomic E-state index is 0.306. The van der Waals surface area contributed by atoms with Gasteiger partial charge in [-0.25, -0.2) is 4.68 Å². The second-order valence-corrected chi connectivity index (χ2v) is 9.40. The number of hydrogen-bond donors (Lipinski definition) is 3. The van der Waals surface area contributed by atoms with E-state index in [4.69, 9.17) is 9.47 Å². The van der Waals surface area contributed by atoms with Crippen LogP contribution in [0.2, 0.25) is 0 Å². The molecule has 0 fully saturated rings. The Labute approximate surface area is 232 Å². The highest BCUT2D eigenvalue weighted by atomic mass is 16.5. The number of benzene rings is 3. The number of anilines is 3. The van der Waals surface area contributed by atoms with Gasteiger partial charge in [0.25, 0.3) is 11.8 Å². The van der Waals surface area contributed by atoms with E-state index in [0.717, 1.165) is 16.9 Å². The average Bonchev–Trinajstić information content (AvgIpc) is 3.37. The predicted molar refractivity (Wildman–Crippen MR) is 155 cm³/mol. The summed E-state index contributed by atoms with van der Waals surface area (Å²) in [6, 6.07) is 21.7. The van der Waals surface area contributed by atoms with Gasteiger partial charge in [-0.2, -0.15) is 5.10 Å². The van der Waals surface area contributed by atoms with Gasteiger partial charge in [0, 0.05) is 11.4 Å². The van der Waals surface area contributed by atoms with Crippen LogP contribution in [0.3, 0.4) is 0 Å². The molecule has 9 nitrogen and oxygen atoms in total. The highest BCUT2D eigenvalue weighted by Crippen LogP contribution is 2.39. The van der Waals surface area contributed by atoms with Crippen molar-refractivity contribution >= 4 is 29.0 Å². The SMILES string of the molecule is CCOc1ccc([C@@H]2C(C(=O)Nc3ccccc3OC)=C(C)Nc3c(C(=O)Nc4cccc(C)c4)cnn32)cc1. The van der Waals surface area contributed by atoms with Crippen molar-refractivity contribution in [1.82, 2.24) is 9.78 Å². The van der Waals surface area contributed by atoms with Crippen LogP contribution in [0.4, 0.5) is 17.2 Å². The molecular weight excluding hydrogens is 506 g/mol. The number of fused-ring (bicyclic) bond motifs is 1. The topological polar surface area (TPSA) is 107 Å². The molecule has 1 aromatic heterocycles. The summed E-state index contributed by atoms with van der Waals surface area (Å²) >= 11 is 0. The van der Waals surface area contributed by atoms with Crippen molar-refractivity contribution in [2.24, 2.45) is 0 Å². The third-order valence-corrected chi connectivity index (χ3v) is 6.65. The fraction of sp³-hybridized carbons (Fsp3) is 0.194. The van der Waals surface area contributed by atoms with Gasteiger partial charge in [-0.15, -0.1) is 0 Å². The van der Waals surface area contributed by atoms with E-state index in [1.807, 2.05) is 81.4 Å². The zero-order valence-electron chi connectivity index (χ0n) is 22.8. The zero-order chi connectivity index (χ0) is 28.2. The quantitative estimate of drug-likeness (QED) is 0.263. The third kappa shape index (κ3) is 5.26. The monoisotopic (exact) mass is 537 g/mol. The number of allylic oxidation sites excluding steroid dienone is 1. The molecule has 40 heavy (non-hydrogen) atoms. The molecule has 2 amide bonds. The molecule has 1 aliphatic rings. The Hall–Kier alpha value is -5.05. The Morgan fingerprint density at radius 2 is 1.75 bits per heavy atom. The highest BCUT2D eigenvalue weighted by molar-refractivity contribution is 6.09. The molecule has 0 radical (unpaired) electrons. The van der Waals surface area contributed by atoms with Crippen molar-refractivity contribution < 1.29 is 19.1 Å². The van der Waals surface area contributed by atoms with Crippen LogP contribution in [0.15, 0.2) is 90.3 Å². The third-order valence-electron chi connectivity index (χ3n) is 6.65. The maximum Gasteiger partial charge on any atom is 0.261 e. The lowest BCUT2D eigenvalue weighted by atomic mass is 9.94. The van der Waals surface area contributed by atoms with Crippen LogP contribution in [-0.2, 0) is 4.79 Å². The molecule has 2 heterocycles. The lowest BCUT2D eigenvalue weighted by Gasteiger charge is -2.30. The van der Waals surface area contributed by atoms with Gasteiger partial charge < -0.3 is 25.4 Å². The number of nitrogens with zero attached hydrogens (tertiary/aromatic N) is 2. The van der Waals surface area contributed by atoms with Gasteiger partial charge in [-0.1, -0.05) is 36.4 Å². The smallest absolute Gasteiger partial charge is 0.261 e. The van der Waals surface area contributed by atoms with Gasteiger partial charge in [-0.3, -0.25) is 9.59 Å². The van der Waals surface area contributed by atoms with Gasteiger partial charge >= 0.3 is 0 Å². The Bertz CT molecular complexity index is 1590. The normalized spacial score (nSPS) is 14.2. The fourth-order valence-electron chi connectivity index (χ4n) is 4.80. The van der Waals surface area contributed by atoms with Crippen LogP contribution in [0.5, 0.6) is 11.5 Å². The van der Waals surface area contributed by atoms with E-state index in [1.54, 1.807) is 23.9 Å². The Morgan fingerprint density at radius 3 is 2.48 bits per heavy atom. The van der Waals surface area contributed by atoms with Crippen molar-refractivity contribution in [3.05, 3.63) is 107 Å². The van der Waals surface area contributed by atoms with E-state index in [0.29, 0.717) is 46.4 Å². The first-order valence-electron chi connectivity index (χ1n) is 13.0. The molecule has 1 aliphatic heterocycles. The summed E-state index contributed by atoms with van der Waals surface area (Å²) in [5, 5.41) is 13.8. The molecule has 204 valence electrons. The number of methoxy groups -OCH3 is 1. The van der Waals surface area contributed by atoms with Crippen molar-refractivity contribution in [3.8, 4) is 11.5 Å². The fourth-order valence-corrected chi connectivity index (χ4v) is 4.80. The molecular formula is C31H31N5O4. The van der Waals surface area contributed by atoms with Gasteiger partial charge in [0.1, 0.15) is 28.9 Å². The van der Waals surface area contributed by atoms with Crippen LogP contribution in [0, 0.1) is 6.92 Å². The second kappa shape index (κ2) is 11.4. The number of carbonyl (C=O) groups excluding carboxylic acids is 2. The number of para-hydroxylation sites is 2. The molecule has 4 aromatic rings. The molecule has 0 saturated heterocycles. The lowest BCUT2D eigenvalue weighted by molar-refractivity contribution is -0.113. The Balaban J connectivity index is 1.54. The van der Waals surface area contributed by atoms with Crippen molar-refractivity contribution in [2.75, 3.05) is 29.7 Å². The summed E-state index contributed by atoms with van der Waals surface area (Å²) in [5.74, 6) is 1.14. The van der Waals surface area contributed by atoms with Crippen molar-refractivity contribution in [2.45, 2.75) is 26.8 Å². The number of aryl methyl sites for hydroxylation is 1. The van der Waals surface area contributed by atoms with Gasteiger partial charge in [0.05, 0.1) is 31.2 Å². The van der Waals surface area contributed by atoms with E-state index in [9.17, 15) is 9.59 Å². The number of nitrogens with one attached hydrogen (secondary N) is 3. The number of ether oxygens (including phenoxy) is 2. The molecule has 0 saturated carbocycles. The maximum atomic E-state index is 13.8. The first-order valence-corrected chi connectivity index (χ1v) is 13.0. The summed E-state index contributed by atoms with van der Waals surface area (Å²) in [4.78, 5) is 27.1. The molecule has 0 spiro atoms. The minimum Gasteiger partial charge on any atom is -0.495 e. The van der Waals surface area contributed by atoms with Crippen LogP contribution in [-0.4, -0.2) is 35.3 Å². The predicted octanol–water partition coefficient (Wildman–Crippen LogP) is 5.78. The largest absolute Gasteiger partial charge is 0.495 e. The van der Waals surface area contributed by atoms with E-state index < -0.39 is 6.04 Å². The molecule has 0 bridgehead atoms. The van der Waals surface area contributed by atoms with E-state index in [-0.39, 0.29) is 11.8 Å².